The SMILES string of the molecule is O=[N+]([O-])c1cc[c-]nc1.[CH2-]CCCc1ccc([N+](=O)[O-])cn1.[Sc]. The minimum atomic E-state index is -0.499. The van der Waals surface area contributed by atoms with Crippen LogP contribution in [-0.4, -0.2) is 19.8 Å². The maximum absolute atomic E-state index is 10.3. The van der Waals surface area contributed by atoms with Crippen LogP contribution in [0.25, 0.3) is 0 Å². The molecule has 9 heteroatoms. The van der Waals surface area contributed by atoms with Gasteiger partial charge in [0, 0.05) is 42.5 Å². The van der Waals surface area contributed by atoms with Gasteiger partial charge in [0.25, 0.3) is 5.69 Å². The first-order valence-corrected chi connectivity index (χ1v) is 6.39. The monoisotopic (exact) mass is 347 g/mol. The van der Waals surface area contributed by atoms with E-state index >= 15 is 0 Å². The van der Waals surface area contributed by atoms with Gasteiger partial charge in [0.05, 0.1) is 4.92 Å². The molecule has 0 fully saturated rings. The van der Waals surface area contributed by atoms with Crippen LogP contribution < -0.4 is 0 Å². The molecule has 0 bridgehead atoms. The standard InChI is InChI=1S/C9H11N2O2.C5H3N2O2.Sc/c1-2-3-4-8-5-6-9(7-10-8)11(12)13;8-7(9)5-2-1-3-6-4-5;/h5-7H,1-4H2;1-2,4H;/q2*-1;. The minimum Gasteiger partial charge on any atom is -0.388 e. The zero-order valence-electron chi connectivity index (χ0n) is 12.3. The number of pyridine rings is 2. The molecule has 0 aliphatic heterocycles. The Labute approximate surface area is 152 Å². The predicted octanol–water partition coefficient (Wildman–Crippen LogP) is 2.93. The van der Waals surface area contributed by atoms with Crippen molar-refractivity contribution in [2.24, 2.45) is 0 Å². The molecule has 23 heavy (non-hydrogen) atoms. The maximum Gasteiger partial charge on any atom is 0.287 e. The average molecular weight is 347 g/mol. The molecule has 1 radical (unpaired) electrons. The van der Waals surface area contributed by atoms with Gasteiger partial charge in [0.2, 0.25) is 0 Å². The second-order valence-corrected chi connectivity index (χ2v) is 4.12. The van der Waals surface area contributed by atoms with Crippen molar-refractivity contribution >= 4 is 11.4 Å². The number of nitro groups is 2. The molecule has 2 aromatic rings. The van der Waals surface area contributed by atoms with Gasteiger partial charge in [-0.05, 0) is 18.7 Å². The summed E-state index contributed by atoms with van der Waals surface area (Å²) in [4.78, 5) is 26.7. The first kappa shape index (κ1) is 21.0. The number of aryl methyl sites for hydroxylation is 1. The zero-order valence-corrected chi connectivity index (χ0v) is 14.1. The third-order valence-electron chi connectivity index (χ3n) is 2.51. The number of aromatic nitrogens is 2. The van der Waals surface area contributed by atoms with Crippen molar-refractivity contribution < 1.29 is 35.7 Å². The molecule has 2 rings (SSSR count). The summed E-state index contributed by atoms with van der Waals surface area (Å²) in [5, 5.41) is 20.2. The number of hydrogen-bond acceptors (Lipinski definition) is 6. The first-order valence-electron chi connectivity index (χ1n) is 6.39. The first-order chi connectivity index (χ1) is 10.5. The van der Waals surface area contributed by atoms with Crippen molar-refractivity contribution in [3.8, 4) is 0 Å². The normalized spacial score (nSPS) is 9.09. The Morgan fingerprint density at radius 2 is 1.74 bits per heavy atom. The fourth-order valence-electron chi connectivity index (χ4n) is 1.40. The maximum atomic E-state index is 10.3. The second-order valence-electron chi connectivity index (χ2n) is 4.12. The van der Waals surface area contributed by atoms with Gasteiger partial charge in [-0.1, -0.05) is 18.7 Å². The summed E-state index contributed by atoms with van der Waals surface area (Å²) in [6.45, 7) is 3.71. The van der Waals surface area contributed by atoms with Crippen molar-refractivity contribution in [1.29, 1.82) is 0 Å². The van der Waals surface area contributed by atoms with E-state index in [0.717, 1.165) is 31.2 Å². The van der Waals surface area contributed by atoms with Crippen LogP contribution in [0.5, 0.6) is 0 Å². The molecule has 0 atom stereocenters. The van der Waals surface area contributed by atoms with Crippen LogP contribution in [0, 0.1) is 33.3 Å². The molecule has 0 unspecified atom stereocenters. The van der Waals surface area contributed by atoms with Gasteiger partial charge in [0.1, 0.15) is 6.20 Å². The van der Waals surface area contributed by atoms with Crippen LogP contribution in [0.4, 0.5) is 11.4 Å². The molecule has 0 spiro atoms. The zero-order chi connectivity index (χ0) is 16.4. The van der Waals surface area contributed by atoms with E-state index < -0.39 is 9.85 Å². The number of unbranched alkanes of at least 4 members (excludes halogenated alkanes) is 1. The summed E-state index contributed by atoms with van der Waals surface area (Å²) in [6.07, 6.45) is 7.53. The Bertz CT molecular complexity index is 608. The Morgan fingerprint density at radius 1 is 1.09 bits per heavy atom. The van der Waals surface area contributed by atoms with E-state index in [1.165, 1.54) is 24.4 Å². The summed E-state index contributed by atoms with van der Waals surface area (Å²) in [5.41, 5.74) is 0.918. The van der Waals surface area contributed by atoms with Crippen LogP contribution in [0.15, 0.2) is 36.7 Å². The number of rotatable bonds is 5. The molecule has 0 N–H and O–H groups in total. The van der Waals surface area contributed by atoms with E-state index in [1.54, 1.807) is 6.07 Å². The Balaban J connectivity index is 0.000000427. The third kappa shape index (κ3) is 8.24. The van der Waals surface area contributed by atoms with Crippen molar-refractivity contribution in [3.05, 3.63) is 75.7 Å². The molecule has 0 saturated carbocycles. The van der Waals surface area contributed by atoms with Crippen LogP contribution in [-0.2, 0) is 32.3 Å². The number of nitrogens with zero attached hydrogens (tertiary/aromatic N) is 4. The van der Waals surface area contributed by atoms with Crippen molar-refractivity contribution in [1.82, 2.24) is 9.97 Å². The van der Waals surface area contributed by atoms with Gasteiger partial charge in [-0.25, -0.2) is 0 Å². The molecule has 0 aliphatic rings. The predicted molar refractivity (Wildman–Crippen MR) is 78.9 cm³/mol. The fraction of sp³-hybridized carbons (Fsp3) is 0.214. The molecule has 2 aromatic heterocycles. The summed E-state index contributed by atoms with van der Waals surface area (Å²) in [6, 6.07) is 5.91. The van der Waals surface area contributed by atoms with Gasteiger partial charge < -0.3 is 11.9 Å². The summed E-state index contributed by atoms with van der Waals surface area (Å²) in [5.74, 6) is 0. The van der Waals surface area contributed by atoms with Gasteiger partial charge in [0.15, 0.2) is 5.69 Å². The molecule has 0 saturated heterocycles. The molecule has 0 aromatic carbocycles. The Kier molecular flexibility index (Phi) is 10.5. The van der Waals surface area contributed by atoms with Gasteiger partial charge in [-0.3, -0.25) is 25.2 Å². The third-order valence-corrected chi connectivity index (χ3v) is 2.51. The molecular formula is C14H14N4O4Sc-2. The molecular weight excluding hydrogens is 333 g/mol. The van der Waals surface area contributed by atoms with E-state index in [0.29, 0.717) is 0 Å². The smallest absolute Gasteiger partial charge is 0.287 e. The molecule has 2 heterocycles. The van der Waals surface area contributed by atoms with E-state index in [9.17, 15) is 20.2 Å². The molecule has 119 valence electrons. The summed E-state index contributed by atoms with van der Waals surface area (Å²) < 4.78 is 0. The largest absolute Gasteiger partial charge is 0.388 e. The average Bonchev–Trinajstić information content (AvgIpc) is 2.54. The van der Waals surface area contributed by atoms with Crippen molar-refractivity contribution in [2.45, 2.75) is 19.3 Å². The van der Waals surface area contributed by atoms with Gasteiger partial charge in [-0.2, -0.15) is 12.5 Å². The van der Waals surface area contributed by atoms with E-state index in [2.05, 4.69) is 23.1 Å². The molecule has 8 nitrogen and oxygen atoms in total. The fourth-order valence-corrected chi connectivity index (χ4v) is 1.40. The Morgan fingerprint density at radius 3 is 2.13 bits per heavy atom. The second kappa shape index (κ2) is 11.5. The van der Waals surface area contributed by atoms with E-state index in [1.807, 2.05) is 0 Å². The van der Waals surface area contributed by atoms with Crippen molar-refractivity contribution in [3.63, 3.8) is 0 Å². The summed E-state index contributed by atoms with van der Waals surface area (Å²) in [7, 11) is 0. The van der Waals surface area contributed by atoms with Crippen LogP contribution >= 0.6 is 0 Å². The van der Waals surface area contributed by atoms with Crippen LogP contribution in [0.2, 0.25) is 0 Å². The minimum absolute atomic E-state index is 0. The van der Waals surface area contributed by atoms with E-state index in [4.69, 9.17) is 0 Å². The quantitative estimate of drug-likeness (QED) is 0.467. The van der Waals surface area contributed by atoms with Crippen LogP contribution in [0.3, 0.4) is 0 Å². The number of hydrogen-bond donors (Lipinski definition) is 0. The van der Waals surface area contributed by atoms with Gasteiger partial charge in [-0.15, -0.1) is 0 Å². The van der Waals surface area contributed by atoms with Crippen LogP contribution in [0.1, 0.15) is 18.5 Å². The van der Waals surface area contributed by atoms with Gasteiger partial charge >= 0.3 is 0 Å². The Hall–Kier alpha value is -2.03. The summed E-state index contributed by atoms with van der Waals surface area (Å²) >= 11 is 0. The molecule has 0 amide bonds. The molecule has 0 aliphatic carbocycles. The topological polar surface area (TPSA) is 112 Å². The van der Waals surface area contributed by atoms with Crippen molar-refractivity contribution in [2.75, 3.05) is 0 Å². The van der Waals surface area contributed by atoms with E-state index in [-0.39, 0.29) is 37.2 Å².